The van der Waals surface area contributed by atoms with Crippen molar-refractivity contribution in [2.75, 3.05) is 12.4 Å². The molecule has 1 aromatic carbocycles. The van der Waals surface area contributed by atoms with Crippen LogP contribution in [0.4, 0.5) is 10.1 Å². The second-order valence-corrected chi connectivity index (χ2v) is 2.64. The number of anilines is 1. The minimum Gasteiger partial charge on any atom is -0.386 e. The van der Waals surface area contributed by atoms with E-state index in [9.17, 15) is 4.39 Å². The van der Waals surface area contributed by atoms with E-state index in [2.05, 4.69) is 11.9 Å². The number of halogens is 1. The molecule has 0 aromatic heterocycles. The molecule has 0 heterocycles. The van der Waals surface area contributed by atoms with Crippen LogP contribution in [0, 0.1) is 12.7 Å². The molecule has 0 spiro atoms. The summed E-state index contributed by atoms with van der Waals surface area (Å²) in [7, 11) is 1.70. The van der Waals surface area contributed by atoms with Crippen LogP contribution in [0.25, 0.3) is 6.08 Å². The van der Waals surface area contributed by atoms with Gasteiger partial charge in [0.15, 0.2) is 0 Å². The summed E-state index contributed by atoms with van der Waals surface area (Å²) in [5, 5.41) is 2.77. The lowest BCUT2D eigenvalue weighted by Crippen LogP contribution is -1.94. The first-order valence-corrected chi connectivity index (χ1v) is 3.79. The molecule has 0 aliphatic carbocycles. The summed E-state index contributed by atoms with van der Waals surface area (Å²) < 4.78 is 13.1. The molecule has 1 aromatic rings. The standard InChI is InChI=1S/C10H12FN/c1-4-8-6-10(12-3)9(11)5-7(8)2/h4-6,12H,1H2,2-3H3. The zero-order chi connectivity index (χ0) is 9.14. The van der Waals surface area contributed by atoms with Crippen LogP contribution in [0.5, 0.6) is 0 Å². The molecule has 12 heavy (non-hydrogen) atoms. The minimum absolute atomic E-state index is 0.222. The number of hydrogen-bond acceptors (Lipinski definition) is 1. The zero-order valence-corrected chi connectivity index (χ0v) is 7.32. The van der Waals surface area contributed by atoms with Crippen LogP contribution >= 0.6 is 0 Å². The van der Waals surface area contributed by atoms with Gasteiger partial charge in [-0.25, -0.2) is 4.39 Å². The molecule has 0 aliphatic rings. The highest BCUT2D eigenvalue weighted by Crippen LogP contribution is 2.19. The molecular weight excluding hydrogens is 153 g/mol. The van der Waals surface area contributed by atoms with E-state index in [4.69, 9.17) is 0 Å². The molecular formula is C10H12FN. The van der Waals surface area contributed by atoms with E-state index in [0.717, 1.165) is 11.1 Å². The molecule has 0 aliphatic heterocycles. The topological polar surface area (TPSA) is 12.0 Å². The Labute approximate surface area is 71.9 Å². The Hall–Kier alpha value is -1.31. The first kappa shape index (κ1) is 8.78. The Bertz CT molecular complexity index is 305. The van der Waals surface area contributed by atoms with E-state index >= 15 is 0 Å². The first-order chi connectivity index (χ1) is 5.69. The maximum atomic E-state index is 13.1. The highest BCUT2D eigenvalue weighted by molar-refractivity contribution is 5.60. The predicted octanol–water partition coefficient (Wildman–Crippen LogP) is 2.82. The van der Waals surface area contributed by atoms with Crippen molar-refractivity contribution in [1.29, 1.82) is 0 Å². The highest BCUT2D eigenvalue weighted by Gasteiger charge is 2.02. The molecule has 0 saturated carbocycles. The van der Waals surface area contributed by atoms with Gasteiger partial charge in [-0.1, -0.05) is 12.7 Å². The van der Waals surface area contributed by atoms with Crippen molar-refractivity contribution in [3.05, 3.63) is 35.7 Å². The second-order valence-electron chi connectivity index (χ2n) is 2.64. The Morgan fingerprint density at radius 1 is 1.50 bits per heavy atom. The number of hydrogen-bond donors (Lipinski definition) is 1. The smallest absolute Gasteiger partial charge is 0.146 e. The average molecular weight is 165 g/mol. The van der Waals surface area contributed by atoms with Crippen molar-refractivity contribution in [3.63, 3.8) is 0 Å². The van der Waals surface area contributed by atoms with Gasteiger partial charge in [0.1, 0.15) is 5.82 Å². The van der Waals surface area contributed by atoms with Crippen LogP contribution in [0.1, 0.15) is 11.1 Å². The average Bonchev–Trinajstić information content (AvgIpc) is 2.05. The lowest BCUT2D eigenvalue weighted by atomic mass is 10.1. The third-order valence-corrected chi connectivity index (χ3v) is 1.84. The summed E-state index contributed by atoms with van der Waals surface area (Å²) >= 11 is 0. The molecule has 2 heteroatoms. The fourth-order valence-electron chi connectivity index (χ4n) is 1.10. The van der Waals surface area contributed by atoms with E-state index in [1.54, 1.807) is 19.2 Å². The molecule has 1 N–H and O–H groups in total. The van der Waals surface area contributed by atoms with Crippen LogP contribution < -0.4 is 5.32 Å². The molecule has 0 fully saturated rings. The van der Waals surface area contributed by atoms with E-state index < -0.39 is 0 Å². The third kappa shape index (κ3) is 1.47. The molecule has 1 rings (SSSR count). The van der Waals surface area contributed by atoms with Crippen LogP contribution in [-0.4, -0.2) is 7.05 Å². The monoisotopic (exact) mass is 165 g/mol. The summed E-state index contributed by atoms with van der Waals surface area (Å²) in [5.74, 6) is -0.222. The van der Waals surface area contributed by atoms with Gasteiger partial charge in [0.05, 0.1) is 5.69 Å². The van der Waals surface area contributed by atoms with Gasteiger partial charge in [0.25, 0.3) is 0 Å². The van der Waals surface area contributed by atoms with Crippen molar-refractivity contribution in [2.24, 2.45) is 0 Å². The number of aryl methyl sites for hydroxylation is 1. The summed E-state index contributed by atoms with van der Waals surface area (Å²) in [6.07, 6.45) is 1.72. The van der Waals surface area contributed by atoms with Gasteiger partial charge in [-0.15, -0.1) is 0 Å². The predicted molar refractivity (Wildman–Crippen MR) is 50.8 cm³/mol. The van der Waals surface area contributed by atoms with Gasteiger partial charge in [-0.2, -0.15) is 0 Å². The Morgan fingerprint density at radius 2 is 2.17 bits per heavy atom. The van der Waals surface area contributed by atoms with Crippen molar-refractivity contribution >= 4 is 11.8 Å². The van der Waals surface area contributed by atoms with Gasteiger partial charge < -0.3 is 5.32 Å². The van der Waals surface area contributed by atoms with Gasteiger partial charge in [-0.05, 0) is 30.2 Å². The zero-order valence-electron chi connectivity index (χ0n) is 7.32. The number of rotatable bonds is 2. The third-order valence-electron chi connectivity index (χ3n) is 1.84. The van der Waals surface area contributed by atoms with Crippen molar-refractivity contribution in [1.82, 2.24) is 0 Å². The van der Waals surface area contributed by atoms with Crippen LogP contribution in [0.3, 0.4) is 0 Å². The molecule has 64 valence electrons. The molecule has 0 bridgehead atoms. The lowest BCUT2D eigenvalue weighted by Gasteiger charge is -2.06. The van der Waals surface area contributed by atoms with Crippen LogP contribution in [-0.2, 0) is 0 Å². The maximum absolute atomic E-state index is 13.1. The lowest BCUT2D eigenvalue weighted by molar-refractivity contribution is 0.630. The van der Waals surface area contributed by atoms with Gasteiger partial charge in [0.2, 0.25) is 0 Å². The van der Waals surface area contributed by atoms with E-state index in [0.29, 0.717) is 5.69 Å². The summed E-state index contributed by atoms with van der Waals surface area (Å²) in [6.45, 7) is 5.51. The highest BCUT2D eigenvalue weighted by atomic mass is 19.1. The fourth-order valence-corrected chi connectivity index (χ4v) is 1.10. The van der Waals surface area contributed by atoms with Gasteiger partial charge in [-0.3, -0.25) is 0 Å². The minimum atomic E-state index is -0.222. The van der Waals surface area contributed by atoms with Gasteiger partial charge in [0, 0.05) is 7.05 Å². The number of nitrogens with one attached hydrogen (secondary N) is 1. The molecule has 0 atom stereocenters. The van der Waals surface area contributed by atoms with Crippen molar-refractivity contribution < 1.29 is 4.39 Å². The normalized spacial score (nSPS) is 9.58. The van der Waals surface area contributed by atoms with E-state index in [1.807, 2.05) is 6.92 Å². The second kappa shape index (κ2) is 3.39. The number of benzene rings is 1. The quantitative estimate of drug-likeness (QED) is 0.710. The van der Waals surface area contributed by atoms with Crippen LogP contribution in [0.15, 0.2) is 18.7 Å². The summed E-state index contributed by atoms with van der Waals surface area (Å²) in [4.78, 5) is 0. The van der Waals surface area contributed by atoms with E-state index in [1.165, 1.54) is 6.07 Å². The SMILES string of the molecule is C=Cc1cc(NC)c(F)cc1C. The molecule has 0 amide bonds. The molecule has 0 saturated heterocycles. The Kier molecular flexibility index (Phi) is 2.48. The summed E-state index contributed by atoms with van der Waals surface area (Å²) in [6, 6.07) is 3.25. The first-order valence-electron chi connectivity index (χ1n) is 3.79. The fraction of sp³-hybridized carbons (Fsp3) is 0.200. The van der Waals surface area contributed by atoms with Crippen molar-refractivity contribution in [3.8, 4) is 0 Å². The Balaban J connectivity index is 3.26. The van der Waals surface area contributed by atoms with Gasteiger partial charge >= 0.3 is 0 Å². The molecule has 1 nitrogen and oxygen atoms in total. The Morgan fingerprint density at radius 3 is 2.67 bits per heavy atom. The summed E-state index contributed by atoms with van der Waals surface area (Å²) in [5.41, 5.74) is 2.37. The largest absolute Gasteiger partial charge is 0.386 e. The maximum Gasteiger partial charge on any atom is 0.146 e. The van der Waals surface area contributed by atoms with Crippen molar-refractivity contribution in [2.45, 2.75) is 6.92 Å². The van der Waals surface area contributed by atoms with Crippen LogP contribution in [0.2, 0.25) is 0 Å². The molecule has 0 unspecified atom stereocenters. The molecule has 0 radical (unpaired) electrons. The van der Waals surface area contributed by atoms with E-state index in [-0.39, 0.29) is 5.82 Å².